The van der Waals surface area contributed by atoms with E-state index in [0.29, 0.717) is 18.1 Å². The van der Waals surface area contributed by atoms with E-state index in [-0.39, 0.29) is 5.91 Å². The van der Waals surface area contributed by atoms with Gasteiger partial charge in [0.2, 0.25) is 5.95 Å². The first-order valence-corrected chi connectivity index (χ1v) is 7.75. The summed E-state index contributed by atoms with van der Waals surface area (Å²) < 4.78 is 0. The quantitative estimate of drug-likeness (QED) is 0.804. The molecule has 1 heterocycles. The molecule has 128 valence electrons. The molecule has 0 spiro atoms. The summed E-state index contributed by atoms with van der Waals surface area (Å²) in [5.74, 6) is 0.288. The van der Waals surface area contributed by atoms with Gasteiger partial charge in [-0.15, -0.1) is 0 Å². The van der Waals surface area contributed by atoms with Crippen LogP contribution in [0.5, 0.6) is 0 Å². The number of hydrogen-bond acceptors (Lipinski definition) is 6. The van der Waals surface area contributed by atoms with Crippen molar-refractivity contribution in [3.8, 4) is 0 Å². The van der Waals surface area contributed by atoms with E-state index in [2.05, 4.69) is 20.6 Å². The Bertz CT molecular complexity index is 652. The number of rotatable bonds is 7. The summed E-state index contributed by atoms with van der Waals surface area (Å²) in [6, 6.07) is 7.94. The van der Waals surface area contributed by atoms with Gasteiger partial charge in [-0.05, 0) is 38.4 Å². The van der Waals surface area contributed by atoms with E-state index >= 15 is 0 Å². The number of nitrogens with one attached hydrogen (secondary N) is 2. The van der Waals surface area contributed by atoms with Crippen molar-refractivity contribution < 1.29 is 4.79 Å². The van der Waals surface area contributed by atoms with E-state index < -0.39 is 0 Å². The highest BCUT2D eigenvalue weighted by molar-refractivity contribution is 5.93. The molecule has 0 radical (unpaired) electrons. The van der Waals surface area contributed by atoms with E-state index in [1.54, 1.807) is 0 Å². The first kappa shape index (κ1) is 17.7. The fraction of sp³-hybridized carbons (Fsp3) is 0.353. The highest BCUT2D eigenvalue weighted by atomic mass is 16.1. The number of anilines is 3. The van der Waals surface area contributed by atoms with Crippen molar-refractivity contribution in [3.05, 3.63) is 42.2 Å². The van der Waals surface area contributed by atoms with Gasteiger partial charge in [0.25, 0.3) is 5.91 Å². The first-order valence-electron chi connectivity index (χ1n) is 7.75. The molecule has 24 heavy (non-hydrogen) atoms. The van der Waals surface area contributed by atoms with Crippen LogP contribution in [0.25, 0.3) is 0 Å². The Hall–Kier alpha value is -2.67. The van der Waals surface area contributed by atoms with E-state index in [4.69, 9.17) is 0 Å². The summed E-state index contributed by atoms with van der Waals surface area (Å²) in [5.41, 5.74) is 2.46. The van der Waals surface area contributed by atoms with Crippen LogP contribution in [0.15, 0.2) is 36.7 Å². The SMILES string of the molecule is CN(C)CCNC(=O)c1cnc(Nc2ccc(N(C)C)cc2)nc1. The second-order valence-corrected chi connectivity index (χ2v) is 5.92. The molecule has 1 amide bonds. The van der Waals surface area contributed by atoms with Gasteiger partial charge in [0.05, 0.1) is 5.56 Å². The molecule has 2 N–H and O–H groups in total. The van der Waals surface area contributed by atoms with Crippen LogP contribution >= 0.6 is 0 Å². The lowest BCUT2D eigenvalue weighted by molar-refractivity contribution is 0.0950. The molecular weight excluding hydrogens is 304 g/mol. The van der Waals surface area contributed by atoms with Crippen molar-refractivity contribution in [1.29, 1.82) is 0 Å². The molecule has 7 heteroatoms. The maximum atomic E-state index is 12.0. The van der Waals surface area contributed by atoms with Crippen LogP contribution in [-0.2, 0) is 0 Å². The minimum atomic E-state index is -0.168. The summed E-state index contributed by atoms with van der Waals surface area (Å²) in [4.78, 5) is 24.4. The van der Waals surface area contributed by atoms with Gasteiger partial charge in [-0.3, -0.25) is 4.79 Å². The number of likely N-dealkylation sites (N-methyl/N-ethyl adjacent to an activating group) is 1. The van der Waals surface area contributed by atoms with Crippen LogP contribution < -0.4 is 15.5 Å². The molecule has 0 aliphatic rings. The molecule has 7 nitrogen and oxygen atoms in total. The molecule has 0 fully saturated rings. The molecule has 0 saturated carbocycles. The highest BCUT2D eigenvalue weighted by Crippen LogP contribution is 2.17. The van der Waals surface area contributed by atoms with Gasteiger partial charge < -0.3 is 20.4 Å². The summed E-state index contributed by atoms with van der Waals surface area (Å²) in [6.45, 7) is 1.37. The number of carbonyl (C=O) groups excluding carboxylic acids is 1. The van der Waals surface area contributed by atoms with Crippen LogP contribution in [0, 0.1) is 0 Å². The smallest absolute Gasteiger partial charge is 0.254 e. The van der Waals surface area contributed by atoms with Crippen LogP contribution in [0.4, 0.5) is 17.3 Å². The number of amides is 1. The number of aromatic nitrogens is 2. The zero-order chi connectivity index (χ0) is 17.5. The van der Waals surface area contributed by atoms with Crippen molar-refractivity contribution in [2.24, 2.45) is 0 Å². The summed E-state index contributed by atoms with van der Waals surface area (Å²) in [6.07, 6.45) is 3.04. The number of nitrogens with zero attached hydrogens (tertiary/aromatic N) is 4. The lowest BCUT2D eigenvalue weighted by Gasteiger charge is -2.13. The van der Waals surface area contributed by atoms with Crippen LogP contribution in [-0.4, -0.2) is 62.1 Å². The van der Waals surface area contributed by atoms with Crippen molar-refractivity contribution in [2.75, 3.05) is 51.5 Å². The third kappa shape index (κ3) is 5.20. The van der Waals surface area contributed by atoms with Gasteiger partial charge in [0, 0.05) is 51.0 Å². The Morgan fingerprint density at radius 2 is 1.67 bits per heavy atom. The molecule has 2 rings (SSSR count). The zero-order valence-corrected chi connectivity index (χ0v) is 14.6. The molecule has 0 aliphatic heterocycles. The Kier molecular flexibility index (Phi) is 6.08. The Morgan fingerprint density at radius 1 is 1.04 bits per heavy atom. The first-order chi connectivity index (χ1) is 11.5. The predicted molar refractivity (Wildman–Crippen MR) is 97.0 cm³/mol. The Balaban J connectivity index is 1.92. The van der Waals surface area contributed by atoms with Gasteiger partial charge in [0.15, 0.2) is 0 Å². The molecule has 1 aromatic carbocycles. The topological polar surface area (TPSA) is 73.4 Å². The second kappa shape index (κ2) is 8.26. The van der Waals surface area contributed by atoms with E-state index in [1.807, 2.05) is 62.3 Å². The summed E-state index contributed by atoms with van der Waals surface area (Å²) >= 11 is 0. The molecular formula is C17H24N6O. The third-order valence-electron chi connectivity index (χ3n) is 3.40. The van der Waals surface area contributed by atoms with Gasteiger partial charge in [0.1, 0.15) is 0 Å². The predicted octanol–water partition coefficient (Wildman–Crippen LogP) is 1.58. The molecule has 2 aromatic rings. The standard InChI is InChI=1S/C17H24N6O/c1-22(2)10-9-18-16(24)13-11-19-17(20-12-13)21-14-5-7-15(8-6-14)23(3)4/h5-8,11-12H,9-10H2,1-4H3,(H,18,24)(H,19,20,21). The monoisotopic (exact) mass is 328 g/mol. The number of benzene rings is 1. The van der Waals surface area contributed by atoms with Crippen molar-refractivity contribution in [2.45, 2.75) is 0 Å². The molecule has 0 bridgehead atoms. The fourth-order valence-electron chi connectivity index (χ4n) is 1.98. The highest BCUT2D eigenvalue weighted by Gasteiger charge is 2.07. The normalized spacial score (nSPS) is 10.5. The van der Waals surface area contributed by atoms with Gasteiger partial charge in [-0.1, -0.05) is 0 Å². The van der Waals surface area contributed by atoms with E-state index in [0.717, 1.165) is 17.9 Å². The van der Waals surface area contributed by atoms with Gasteiger partial charge >= 0.3 is 0 Å². The minimum Gasteiger partial charge on any atom is -0.378 e. The molecule has 0 unspecified atom stereocenters. The Labute approximate surface area is 142 Å². The van der Waals surface area contributed by atoms with Gasteiger partial charge in [-0.25, -0.2) is 9.97 Å². The minimum absolute atomic E-state index is 0.168. The van der Waals surface area contributed by atoms with Crippen molar-refractivity contribution in [3.63, 3.8) is 0 Å². The third-order valence-corrected chi connectivity index (χ3v) is 3.40. The average molecular weight is 328 g/mol. The van der Waals surface area contributed by atoms with Gasteiger partial charge in [-0.2, -0.15) is 0 Å². The average Bonchev–Trinajstić information content (AvgIpc) is 2.55. The lowest BCUT2D eigenvalue weighted by Crippen LogP contribution is -2.31. The van der Waals surface area contributed by atoms with Crippen LogP contribution in [0.3, 0.4) is 0 Å². The lowest BCUT2D eigenvalue weighted by atomic mass is 10.2. The summed E-state index contributed by atoms with van der Waals surface area (Å²) in [7, 11) is 7.91. The van der Waals surface area contributed by atoms with Crippen molar-refractivity contribution in [1.82, 2.24) is 20.2 Å². The molecule has 0 saturated heterocycles. The van der Waals surface area contributed by atoms with Crippen LogP contribution in [0.1, 0.15) is 10.4 Å². The molecule has 0 atom stereocenters. The number of carbonyl (C=O) groups is 1. The van der Waals surface area contributed by atoms with E-state index in [1.165, 1.54) is 12.4 Å². The second-order valence-electron chi connectivity index (χ2n) is 5.92. The summed E-state index contributed by atoms with van der Waals surface area (Å²) in [5, 5.41) is 5.95. The van der Waals surface area contributed by atoms with E-state index in [9.17, 15) is 4.79 Å². The van der Waals surface area contributed by atoms with Crippen molar-refractivity contribution >= 4 is 23.2 Å². The maximum absolute atomic E-state index is 12.0. The number of hydrogen-bond donors (Lipinski definition) is 2. The zero-order valence-electron chi connectivity index (χ0n) is 14.6. The molecule has 1 aromatic heterocycles. The van der Waals surface area contributed by atoms with Crippen LogP contribution in [0.2, 0.25) is 0 Å². The fourth-order valence-corrected chi connectivity index (χ4v) is 1.98. The Morgan fingerprint density at radius 3 is 2.21 bits per heavy atom. The largest absolute Gasteiger partial charge is 0.378 e. The molecule has 0 aliphatic carbocycles. The maximum Gasteiger partial charge on any atom is 0.254 e.